The number of H-pyrrole nitrogens is 1. The van der Waals surface area contributed by atoms with Crippen molar-refractivity contribution in [3.63, 3.8) is 0 Å². The number of hydrogen-bond donors (Lipinski definition) is 5. The van der Waals surface area contributed by atoms with Gasteiger partial charge in [-0.25, -0.2) is 24.9 Å². The number of aliphatic hydroxyl groups excluding tert-OH is 2. The van der Waals surface area contributed by atoms with Crippen LogP contribution in [0.3, 0.4) is 0 Å². The molecule has 7 rings (SSSR count). The molecule has 10 atom stereocenters. The number of ether oxygens (including phenoxy) is 2. The predicted molar refractivity (Wildman–Crippen MR) is 156 cm³/mol. The van der Waals surface area contributed by atoms with Gasteiger partial charge in [0.15, 0.2) is 35.1 Å². The van der Waals surface area contributed by atoms with Gasteiger partial charge in [0, 0.05) is 0 Å². The van der Waals surface area contributed by atoms with Crippen LogP contribution in [0.15, 0.2) is 23.8 Å². The number of nitrogens with two attached hydrogens (primary N) is 1. The Morgan fingerprint density at radius 1 is 0.978 bits per heavy atom. The van der Waals surface area contributed by atoms with Crippen LogP contribution in [-0.4, -0.2) is 104 Å². The minimum atomic E-state index is -4.45. The van der Waals surface area contributed by atoms with Gasteiger partial charge in [-0.3, -0.25) is 23.0 Å². The highest BCUT2D eigenvalue weighted by Gasteiger charge is 2.52. The summed E-state index contributed by atoms with van der Waals surface area (Å²) in [7, 11) is 0. The van der Waals surface area contributed by atoms with Crippen LogP contribution in [0.2, 0.25) is 0 Å². The third kappa shape index (κ3) is 5.63. The smallest absolute Gasteiger partial charge is 0.325 e. The summed E-state index contributed by atoms with van der Waals surface area (Å²) in [6.45, 7) is -8.19. The number of aromatic nitrogens is 8. The maximum Gasteiger partial charge on any atom is 0.325 e. The number of hydrogen-bond acceptors (Lipinski definition) is 18. The van der Waals surface area contributed by atoms with Crippen molar-refractivity contribution < 1.29 is 47.2 Å². The molecule has 24 heteroatoms. The lowest BCUT2D eigenvalue weighted by molar-refractivity contribution is -0.0588. The van der Waals surface area contributed by atoms with E-state index >= 15 is 0 Å². The monoisotopic (exact) mass is 704 g/mol. The fourth-order valence-corrected chi connectivity index (χ4v) is 8.22. The standard InChI is InChI=1S/C21H25N9O11P2S2/c1-7-27-18-11(19(33)28-7)26-6-30(18)21-15-12(31)8(38-21)2-36-42(34,44)40-14-9(3-37-43(35,45)41-15)39-20(13(14)32)29-5-25-10-16(22)23-4-24-17(10)29/h4-6,8-9,12-15,20-21,31-32H,2-3H2,1H3,(H,34,44)(H,35,45)(H2,22,23,24)(H,27,28,33)/p-1/t8-,9-,12-,13-,14-,15-,20-,21-,42?,43?/m1/s1. The Bertz CT molecular complexity index is 1940. The van der Waals surface area contributed by atoms with E-state index in [1.54, 1.807) is 6.92 Å². The van der Waals surface area contributed by atoms with Crippen LogP contribution < -0.4 is 11.3 Å². The number of aryl methyl sites for hydroxylation is 1. The number of nitrogens with zero attached hydrogens (tertiary/aromatic N) is 7. The molecule has 7 heterocycles. The molecular weight excluding hydrogens is 680 g/mol. The molecule has 0 radical (unpaired) electrons. The second kappa shape index (κ2) is 11.4. The van der Waals surface area contributed by atoms with Crippen molar-refractivity contribution in [3.8, 4) is 0 Å². The van der Waals surface area contributed by atoms with Crippen molar-refractivity contribution in [2.24, 2.45) is 0 Å². The molecule has 6 N–H and O–H groups in total. The van der Waals surface area contributed by atoms with Gasteiger partial charge in [-0.05, 0) is 18.7 Å². The highest BCUT2D eigenvalue weighted by Crippen LogP contribution is 2.54. The number of aromatic amines is 1. The summed E-state index contributed by atoms with van der Waals surface area (Å²) in [5, 5.41) is 22.4. The molecule has 0 saturated carbocycles. The minimum absolute atomic E-state index is 0.0269. The number of imidazole rings is 2. The van der Waals surface area contributed by atoms with Gasteiger partial charge in [-0.2, -0.15) is 0 Å². The highest BCUT2D eigenvalue weighted by atomic mass is 32.7. The molecule has 2 unspecified atom stereocenters. The van der Waals surface area contributed by atoms with Crippen LogP contribution in [0, 0.1) is 6.92 Å². The zero-order valence-electron chi connectivity index (χ0n) is 22.8. The number of fused-ring (bicyclic) bond motifs is 5. The van der Waals surface area contributed by atoms with E-state index in [0.717, 1.165) is 0 Å². The Hall–Kier alpha value is -2.43. The van der Waals surface area contributed by atoms with Gasteiger partial charge in [-0.1, -0.05) is 0 Å². The molecule has 242 valence electrons. The van der Waals surface area contributed by atoms with E-state index in [2.05, 4.69) is 29.9 Å². The molecule has 3 fully saturated rings. The van der Waals surface area contributed by atoms with E-state index in [1.807, 2.05) is 0 Å². The molecular formula is C21H24N9O11P2S2-. The van der Waals surface area contributed by atoms with Gasteiger partial charge in [0.05, 0.1) is 25.9 Å². The van der Waals surface area contributed by atoms with E-state index in [1.165, 1.54) is 28.1 Å². The Labute approximate surface area is 261 Å². The van der Waals surface area contributed by atoms with E-state index in [4.69, 9.17) is 57.4 Å². The van der Waals surface area contributed by atoms with Gasteiger partial charge in [0.25, 0.3) is 5.56 Å². The Morgan fingerprint density at radius 3 is 2.44 bits per heavy atom. The van der Waals surface area contributed by atoms with E-state index < -0.39 is 81.4 Å². The number of aliphatic hydroxyl groups is 2. The lowest BCUT2D eigenvalue weighted by Gasteiger charge is -2.32. The van der Waals surface area contributed by atoms with Crippen LogP contribution in [0.5, 0.6) is 0 Å². The van der Waals surface area contributed by atoms with Crippen molar-refractivity contribution in [1.82, 2.24) is 39.0 Å². The first-order chi connectivity index (χ1) is 21.3. The minimum Gasteiger partial charge on any atom is -0.660 e. The second-order valence-corrected chi connectivity index (χ2v) is 15.8. The maximum atomic E-state index is 13.5. The largest absolute Gasteiger partial charge is 0.660 e. The fraction of sp³-hybridized carbons (Fsp3) is 0.524. The summed E-state index contributed by atoms with van der Waals surface area (Å²) < 4.78 is 50.5. The van der Waals surface area contributed by atoms with Crippen molar-refractivity contribution >= 4 is 65.7 Å². The summed E-state index contributed by atoms with van der Waals surface area (Å²) in [5.41, 5.74) is 5.89. The van der Waals surface area contributed by atoms with Crippen molar-refractivity contribution in [2.75, 3.05) is 18.9 Å². The Morgan fingerprint density at radius 2 is 1.67 bits per heavy atom. The highest BCUT2D eigenvalue weighted by molar-refractivity contribution is 8.32. The first kappa shape index (κ1) is 31.2. The quantitative estimate of drug-likeness (QED) is 0.124. The van der Waals surface area contributed by atoms with E-state index in [0.29, 0.717) is 0 Å². The molecule has 4 aromatic rings. The first-order valence-electron chi connectivity index (χ1n) is 13.1. The van der Waals surface area contributed by atoms with Crippen molar-refractivity contribution in [2.45, 2.75) is 56.0 Å². The average Bonchev–Trinajstić information content (AvgIpc) is 3.72. The summed E-state index contributed by atoms with van der Waals surface area (Å²) in [5.74, 6) is 0.365. The molecule has 3 aliphatic rings. The zero-order chi connectivity index (χ0) is 31.8. The molecule has 4 aromatic heterocycles. The lowest BCUT2D eigenvalue weighted by atomic mass is 10.1. The van der Waals surface area contributed by atoms with E-state index in [9.17, 15) is 24.5 Å². The lowest BCUT2D eigenvalue weighted by Crippen LogP contribution is -2.36. The second-order valence-electron chi connectivity index (χ2n) is 10.3. The molecule has 20 nitrogen and oxygen atoms in total. The van der Waals surface area contributed by atoms with E-state index in [-0.39, 0.29) is 34.0 Å². The topological polar surface area (TPSA) is 266 Å². The number of anilines is 1. The van der Waals surface area contributed by atoms with Crippen molar-refractivity contribution in [3.05, 3.63) is 35.2 Å². The van der Waals surface area contributed by atoms with Crippen LogP contribution >= 0.6 is 13.5 Å². The molecule has 0 amide bonds. The van der Waals surface area contributed by atoms with Crippen LogP contribution in [-0.2, 0) is 56.2 Å². The van der Waals surface area contributed by atoms with Gasteiger partial charge in [0.1, 0.15) is 54.3 Å². The predicted octanol–water partition coefficient (Wildman–Crippen LogP) is -0.944. The van der Waals surface area contributed by atoms with Gasteiger partial charge < -0.3 is 61.1 Å². The molecule has 0 aliphatic carbocycles. The van der Waals surface area contributed by atoms with Crippen LogP contribution in [0.4, 0.5) is 5.82 Å². The number of rotatable bonds is 2. The van der Waals surface area contributed by atoms with Crippen molar-refractivity contribution in [1.29, 1.82) is 0 Å². The third-order valence-electron chi connectivity index (χ3n) is 7.41. The first-order valence-corrected chi connectivity index (χ1v) is 18.3. The fourth-order valence-electron chi connectivity index (χ4n) is 5.38. The Balaban J connectivity index is 1.21. The molecule has 2 bridgehead atoms. The molecule has 0 aromatic carbocycles. The molecule has 3 saturated heterocycles. The summed E-state index contributed by atoms with van der Waals surface area (Å²) >= 11 is 10.4. The average molecular weight is 705 g/mol. The van der Waals surface area contributed by atoms with Gasteiger partial charge >= 0.3 is 6.72 Å². The zero-order valence-corrected chi connectivity index (χ0v) is 26.2. The van der Waals surface area contributed by atoms with Gasteiger partial charge in [0.2, 0.25) is 6.80 Å². The summed E-state index contributed by atoms with van der Waals surface area (Å²) in [6, 6.07) is 0. The Kier molecular flexibility index (Phi) is 7.88. The maximum absolute atomic E-state index is 13.5. The summed E-state index contributed by atoms with van der Waals surface area (Å²) in [4.78, 5) is 46.5. The number of nitrogens with one attached hydrogen (secondary N) is 1. The van der Waals surface area contributed by atoms with Crippen LogP contribution in [0.1, 0.15) is 18.3 Å². The molecule has 3 aliphatic heterocycles. The normalized spacial score (nSPS) is 37.7. The van der Waals surface area contributed by atoms with Crippen LogP contribution in [0.25, 0.3) is 22.3 Å². The SMILES string of the molecule is Cc1nc2c(ncn2[C@@H]2O[C@@H]3COP(O)(=S)O[C@H]4[C@@H](O)[C@H](n5cnc6c(N)ncnc65)O[C@@H]4COP(=O)([S-])O[C@@H]2[C@@H]3O)c(=O)[nH]1. The van der Waals surface area contributed by atoms with Gasteiger partial charge in [-0.15, -0.1) is 0 Å². The molecule has 45 heavy (non-hydrogen) atoms. The third-order valence-corrected chi connectivity index (χ3v) is 10.5. The number of nitrogen functional groups attached to an aromatic ring is 1. The molecule has 0 spiro atoms. The summed E-state index contributed by atoms with van der Waals surface area (Å²) in [6.07, 6.45) is -7.13.